The second-order valence-corrected chi connectivity index (χ2v) is 9.70. The maximum atomic E-state index is 10.1. The van der Waals surface area contributed by atoms with Crippen LogP contribution in [0.3, 0.4) is 0 Å². The fraction of sp³-hybridized carbons (Fsp3) is 0.850. The van der Waals surface area contributed by atoms with Gasteiger partial charge in [-0.25, -0.2) is 0 Å². The molecule has 27 heavy (non-hydrogen) atoms. The molecule has 0 spiro atoms. The lowest BCUT2D eigenvalue weighted by Gasteiger charge is -2.23. The van der Waals surface area contributed by atoms with Crippen LogP contribution >= 0.6 is 0 Å². The van der Waals surface area contributed by atoms with Crippen molar-refractivity contribution in [2.45, 2.75) is 77.6 Å². The number of carboxylic acids is 1. The van der Waals surface area contributed by atoms with E-state index in [0.29, 0.717) is 0 Å². The molecule has 0 bridgehead atoms. The molecule has 1 N–H and O–H groups in total. The summed E-state index contributed by atoms with van der Waals surface area (Å²) in [6.07, 6.45) is 14.1. The minimum Gasteiger partial charge on any atom is -0.545 e. The number of hydrogen-bond acceptors (Lipinski definition) is 4. The number of aliphatic carboxylic acids is 1. The van der Waals surface area contributed by atoms with Crippen LogP contribution < -0.4 is 5.11 Å². The van der Waals surface area contributed by atoms with Gasteiger partial charge in [-0.1, -0.05) is 64.9 Å². The van der Waals surface area contributed by atoms with Crippen molar-refractivity contribution in [3.05, 3.63) is 12.2 Å². The van der Waals surface area contributed by atoms with Gasteiger partial charge >= 0.3 is 0 Å². The summed E-state index contributed by atoms with van der Waals surface area (Å²) in [5.74, 6) is -2.14. The molecule has 0 aromatic carbocycles. The van der Waals surface area contributed by atoms with Crippen molar-refractivity contribution in [2.24, 2.45) is 0 Å². The molecule has 0 rings (SSSR count). The Bertz CT molecular complexity index is 495. The van der Waals surface area contributed by atoms with Crippen LogP contribution in [0.1, 0.15) is 77.6 Å². The molecule has 162 valence electrons. The summed E-state index contributed by atoms with van der Waals surface area (Å²) in [5.41, 5.74) is -0.345. The molecule has 0 saturated heterocycles. The molecule has 0 atom stereocenters. The first-order valence-electron chi connectivity index (χ1n) is 10.0. The van der Waals surface area contributed by atoms with Crippen molar-refractivity contribution in [2.75, 3.05) is 33.4 Å². The zero-order chi connectivity index (χ0) is 21.3. The zero-order valence-corrected chi connectivity index (χ0v) is 18.7. The van der Waals surface area contributed by atoms with E-state index in [1.54, 1.807) is 0 Å². The molecule has 7 heteroatoms. The van der Waals surface area contributed by atoms with Crippen LogP contribution in [-0.4, -0.2) is 56.9 Å². The summed E-state index contributed by atoms with van der Waals surface area (Å²) in [6.45, 7) is 6.63. The number of quaternary nitrogens is 1. The number of nitrogens with zero attached hydrogens (tertiary/aromatic N) is 1. The molecule has 0 radical (unpaired) electrons. The summed E-state index contributed by atoms with van der Waals surface area (Å²) < 4.78 is 29.4. The SMILES string of the molecule is C=C(CCS(=O)(=O)O)C(=O)[O-].CCCCCCCCCCCC[N+](C)(C)C. The van der Waals surface area contributed by atoms with Crippen LogP contribution in [-0.2, 0) is 14.9 Å². The van der Waals surface area contributed by atoms with Crippen LogP contribution in [0.5, 0.6) is 0 Å². The van der Waals surface area contributed by atoms with E-state index in [0.717, 1.165) is 4.48 Å². The van der Waals surface area contributed by atoms with Crippen LogP contribution in [0.15, 0.2) is 12.2 Å². The Balaban J connectivity index is 0. The van der Waals surface area contributed by atoms with Crippen LogP contribution in [0, 0.1) is 0 Å². The predicted molar refractivity (Wildman–Crippen MR) is 110 cm³/mol. The fourth-order valence-corrected chi connectivity index (χ4v) is 2.93. The average Bonchev–Trinajstić information content (AvgIpc) is 2.53. The van der Waals surface area contributed by atoms with Gasteiger partial charge in [0.05, 0.1) is 39.4 Å². The van der Waals surface area contributed by atoms with Gasteiger partial charge in [-0.15, -0.1) is 0 Å². The standard InChI is InChI=1S/C15H34N.C5H8O5S/c1-5-6-7-8-9-10-11-12-13-14-15-16(2,3)4;1-4(5(6)7)2-3-11(8,9)10/h5-15H2,1-4H3;1-3H2,(H,6,7)(H,8,9,10)/q+1;/p-1. The third-order valence-corrected chi connectivity index (χ3v) is 4.85. The van der Waals surface area contributed by atoms with Gasteiger partial charge < -0.3 is 14.4 Å². The Morgan fingerprint density at radius 3 is 1.67 bits per heavy atom. The molecule has 0 aromatic heterocycles. The van der Waals surface area contributed by atoms with Crippen LogP contribution in [0.4, 0.5) is 0 Å². The number of carbonyl (C=O) groups excluding carboxylic acids is 1. The van der Waals surface area contributed by atoms with Crippen molar-refractivity contribution < 1.29 is 27.4 Å². The molecule has 0 aliphatic rings. The average molecular weight is 408 g/mol. The molecular weight excluding hydrogens is 366 g/mol. The highest BCUT2D eigenvalue weighted by molar-refractivity contribution is 7.85. The van der Waals surface area contributed by atoms with Gasteiger partial charge in [0.1, 0.15) is 0 Å². The Kier molecular flexibility index (Phi) is 16.8. The van der Waals surface area contributed by atoms with Gasteiger partial charge in [-0.05, 0) is 24.8 Å². The van der Waals surface area contributed by atoms with E-state index in [-0.39, 0.29) is 12.0 Å². The Hall–Kier alpha value is -0.920. The van der Waals surface area contributed by atoms with Crippen molar-refractivity contribution in [3.63, 3.8) is 0 Å². The lowest BCUT2D eigenvalue weighted by atomic mass is 10.1. The van der Waals surface area contributed by atoms with E-state index in [1.807, 2.05) is 0 Å². The van der Waals surface area contributed by atoms with E-state index in [1.165, 1.54) is 70.8 Å². The zero-order valence-electron chi connectivity index (χ0n) is 17.8. The molecule has 0 aromatic rings. The number of unbranched alkanes of at least 4 members (excludes halogenated alkanes) is 9. The Morgan fingerprint density at radius 1 is 0.926 bits per heavy atom. The van der Waals surface area contributed by atoms with Crippen LogP contribution in [0.25, 0.3) is 0 Å². The molecule has 0 aliphatic carbocycles. The van der Waals surface area contributed by atoms with Crippen molar-refractivity contribution in [1.82, 2.24) is 0 Å². The predicted octanol–water partition coefficient (Wildman–Crippen LogP) is 3.18. The first kappa shape index (κ1) is 28.3. The van der Waals surface area contributed by atoms with E-state index in [9.17, 15) is 18.3 Å². The molecule has 6 nitrogen and oxygen atoms in total. The molecule has 0 aliphatic heterocycles. The van der Waals surface area contributed by atoms with Crippen molar-refractivity contribution >= 4 is 16.1 Å². The highest BCUT2D eigenvalue weighted by Gasteiger charge is 2.06. The molecule has 0 amide bonds. The summed E-state index contributed by atoms with van der Waals surface area (Å²) in [6, 6.07) is 0. The second-order valence-electron chi connectivity index (χ2n) is 8.12. The lowest BCUT2D eigenvalue weighted by Crippen LogP contribution is -2.35. The third-order valence-electron chi connectivity index (χ3n) is 4.13. The summed E-state index contributed by atoms with van der Waals surface area (Å²) in [4.78, 5) is 9.93. The Morgan fingerprint density at radius 2 is 1.33 bits per heavy atom. The topological polar surface area (TPSA) is 94.5 Å². The van der Waals surface area contributed by atoms with Gasteiger partial charge in [-0.2, -0.15) is 8.42 Å². The van der Waals surface area contributed by atoms with Gasteiger partial charge in [0, 0.05) is 0 Å². The number of carbonyl (C=O) groups is 1. The highest BCUT2D eigenvalue weighted by atomic mass is 32.2. The molecular formula is C20H41NO5S. The van der Waals surface area contributed by atoms with Gasteiger partial charge in [-0.3, -0.25) is 4.55 Å². The van der Waals surface area contributed by atoms with Gasteiger partial charge in [0.2, 0.25) is 0 Å². The smallest absolute Gasteiger partial charge is 0.265 e. The summed E-state index contributed by atoms with van der Waals surface area (Å²) in [7, 11) is 2.75. The van der Waals surface area contributed by atoms with Crippen molar-refractivity contribution in [1.29, 1.82) is 0 Å². The van der Waals surface area contributed by atoms with Crippen LogP contribution in [0.2, 0.25) is 0 Å². The minimum absolute atomic E-state index is 0.318. The lowest BCUT2D eigenvalue weighted by molar-refractivity contribution is -0.870. The Labute approximate surface area is 167 Å². The first-order chi connectivity index (χ1) is 12.4. The van der Waals surface area contributed by atoms with E-state index in [4.69, 9.17) is 4.55 Å². The largest absolute Gasteiger partial charge is 0.545 e. The highest BCUT2D eigenvalue weighted by Crippen LogP contribution is 2.11. The third kappa shape index (κ3) is 27.4. The number of carboxylic acid groups (broad SMARTS) is 1. The van der Waals surface area contributed by atoms with Gasteiger partial charge in [0.25, 0.3) is 10.1 Å². The van der Waals surface area contributed by atoms with E-state index in [2.05, 4.69) is 34.6 Å². The molecule has 0 unspecified atom stereocenters. The summed E-state index contributed by atoms with van der Waals surface area (Å²) in [5, 5.41) is 9.93. The monoisotopic (exact) mass is 407 g/mol. The maximum Gasteiger partial charge on any atom is 0.265 e. The quantitative estimate of drug-likeness (QED) is 0.195. The normalized spacial score (nSPS) is 11.6. The minimum atomic E-state index is -4.10. The number of hydrogen-bond donors (Lipinski definition) is 1. The van der Waals surface area contributed by atoms with E-state index < -0.39 is 21.8 Å². The van der Waals surface area contributed by atoms with E-state index >= 15 is 0 Å². The molecule has 0 heterocycles. The second kappa shape index (κ2) is 16.1. The molecule has 0 saturated carbocycles. The number of rotatable bonds is 15. The first-order valence-corrected chi connectivity index (χ1v) is 11.6. The fourth-order valence-electron chi connectivity index (χ4n) is 2.43. The van der Waals surface area contributed by atoms with Crippen molar-refractivity contribution in [3.8, 4) is 0 Å². The summed E-state index contributed by atoms with van der Waals surface area (Å²) >= 11 is 0. The molecule has 0 fully saturated rings. The maximum absolute atomic E-state index is 10.1. The van der Waals surface area contributed by atoms with Gasteiger partial charge in [0.15, 0.2) is 0 Å².